The van der Waals surface area contributed by atoms with Crippen molar-refractivity contribution >= 4 is 11.9 Å². The fraction of sp³-hybridized carbons (Fsp3) is 0.222. The van der Waals surface area contributed by atoms with Gasteiger partial charge in [0.15, 0.2) is 11.5 Å². The van der Waals surface area contributed by atoms with Gasteiger partial charge in [-0.3, -0.25) is 4.79 Å². The average Bonchev–Trinajstić information content (AvgIpc) is 3.34. The van der Waals surface area contributed by atoms with Gasteiger partial charge in [-0.15, -0.1) is 0 Å². The van der Waals surface area contributed by atoms with Gasteiger partial charge in [0.05, 0.1) is 17.6 Å². The fourth-order valence-electron chi connectivity index (χ4n) is 3.04. The van der Waals surface area contributed by atoms with Crippen molar-refractivity contribution in [2.75, 3.05) is 18.0 Å². The fourth-order valence-corrected chi connectivity index (χ4v) is 3.04. The van der Waals surface area contributed by atoms with Crippen molar-refractivity contribution in [1.82, 2.24) is 25.3 Å². The Morgan fingerprint density at radius 2 is 2.19 bits per heavy atom. The van der Waals surface area contributed by atoms with Gasteiger partial charge in [0, 0.05) is 37.6 Å². The first-order valence-corrected chi connectivity index (χ1v) is 8.44. The molecular weight excluding hydrogens is 354 g/mol. The maximum absolute atomic E-state index is 13.7. The number of rotatable bonds is 4. The summed E-state index contributed by atoms with van der Waals surface area (Å²) in [5, 5.41) is 2.73. The van der Waals surface area contributed by atoms with Crippen LogP contribution in [0.15, 0.2) is 42.9 Å². The lowest BCUT2D eigenvalue weighted by molar-refractivity contribution is 0.0930. The number of pyridine rings is 1. The molecule has 0 radical (unpaired) electrons. The summed E-state index contributed by atoms with van der Waals surface area (Å²) in [6.45, 7) is 1.14. The lowest BCUT2D eigenvalue weighted by Crippen LogP contribution is -2.38. The number of nitrogens with one attached hydrogen (secondary N) is 2. The topological polar surface area (TPSA) is 86.8 Å². The molecule has 0 aromatic carbocycles. The van der Waals surface area contributed by atoms with E-state index in [9.17, 15) is 13.6 Å². The Kier molecular flexibility index (Phi) is 4.49. The minimum Gasteiger partial charge on any atom is -0.360 e. The van der Waals surface area contributed by atoms with Crippen LogP contribution in [0.1, 0.15) is 16.9 Å². The van der Waals surface area contributed by atoms with Crippen molar-refractivity contribution in [3.63, 3.8) is 0 Å². The van der Waals surface area contributed by atoms with Gasteiger partial charge in [0.25, 0.3) is 5.91 Å². The zero-order valence-electron chi connectivity index (χ0n) is 14.2. The third-order valence-electron chi connectivity index (χ3n) is 4.35. The predicted molar refractivity (Wildman–Crippen MR) is 94.1 cm³/mol. The van der Waals surface area contributed by atoms with Crippen molar-refractivity contribution in [3.8, 4) is 11.4 Å². The van der Waals surface area contributed by atoms with Crippen LogP contribution >= 0.6 is 0 Å². The summed E-state index contributed by atoms with van der Waals surface area (Å²) < 4.78 is 26.6. The van der Waals surface area contributed by atoms with E-state index in [0.29, 0.717) is 31.5 Å². The number of hydrogen-bond donors (Lipinski definition) is 2. The molecule has 1 atom stereocenters. The maximum atomic E-state index is 13.7. The molecule has 1 aliphatic heterocycles. The first kappa shape index (κ1) is 17.1. The lowest BCUT2D eigenvalue weighted by atomic mass is 10.2. The second kappa shape index (κ2) is 7.10. The largest absolute Gasteiger partial charge is 0.360 e. The van der Waals surface area contributed by atoms with Gasteiger partial charge in [-0.2, -0.15) is 0 Å². The zero-order valence-corrected chi connectivity index (χ0v) is 14.2. The number of halogens is 2. The molecule has 1 saturated heterocycles. The van der Waals surface area contributed by atoms with E-state index in [0.717, 1.165) is 17.6 Å². The molecule has 27 heavy (non-hydrogen) atoms. The SMILES string of the molecule is O=C(NC1CCN(c2nccc(-c3ccc[nH]3)n2)C1)c1ncc(F)cc1F. The molecule has 1 unspecified atom stereocenters. The highest BCUT2D eigenvalue weighted by Crippen LogP contribution is 2.20. The first-order chi connectivity index (χ1) is 13.1. The number of carbonyl (C=O) groups excluding carboxylic acids is 1. The van der Waals surface area contributed by atoms with E-state index in [2.05, 4.69) is 25.3 Å². The van der Waals surface area contributed by atoms with Crippen LogP contribution in [0.4, 0.5) is 14.7 Å². The highest BCUT2D eigenvalue weighted by Gasteiger charge is 2.27. The van der Waals surface area contributed by atoms with Gasteiger partial charge < -0.3 is 15.2 Å². The summed E-state index contributed by atoms with van der Waals surface area (Å²) in [5.41, 5.74) is 1.25. The molecule has 138 valence electrons. The standard InChI is InChI=1S/C18H16F2N6O/c19-11-8-13(20)16(23-9-11)17(27)24-12-4-7-26(10-12)18-22-6-3-15(25-18)14-2-1-5-21-14/h1-3,5-6,8-9,12,21H,4,7,10H2,(H,24,27). The number of amides is 1. The van der Waals surface area contributed by atoms with Crippen molar-refractivity contribution in [2.24, 2.45) is 0 Å². The average molecular weight is 370 g/mol. The number of nitrogens with zero attached hydrogens (tertiary/aromatic N) is 4. The minimum absolute atomic E-state index is 0.207. The Bertz CT molecular complexity index is 962. The van der Waals surface area contributed by atoms with E-state index >= 15 is 0 Å². The molecule has 1 fully saturated rings. The summed E-state index contributed by atoms with van der Waals surface area (Å²) in [7, 11) is 0. The Balaban J connectivity index is 1.43. The molecule has 0 bridgehead atoms. The van der Waals surface area contributed by atoms with Crippen LogP contribution in [0.3, 0.4) is 0 Å². The van der Waals surface area contributed by atoms with E-state index in [-0.39, 0.29) is 6.04 Å². The van der Waals surface area contributed by atoms with Gasteiger partial charge in [-0.1, -0.05) is 0 Å². The number of aromatic nitrogens is 4. The molecule has 0 aliphatic carbocycles. The zero-order chi connectivity index (χ0) is 18.8. The van der Waals surface area contributed by atoms with E-state index in [4.69, 9.17) is 0 Å². The van der Waals surface area contributed by atoms with E-state index in [1.165, 1.54) is 0 Å². The van der Waals surface area contributed by atoms with E-state index < -0.39 is 23.2 Å². The first-order valence-electron chi connectivity index (χ1n) is 8.44. The van der Waals surface area contributed by atoms with Gasteiger partial charge in [-0.05, 0) is 24.6 Å². The second-order valence-electron chi connectivity index (χ2n) is 6.21. The van der Waals surface area contributed by atoms with Crippen LogP contribution in [-0.2, 0) is 0 Å². The normalized spacial score (nSPS) is 16.5. The summed E-state index contributed by atoms with van der Waals surface area (Å²) in [5.74, 6) is -1.91. The summed E-state index contributed by atoms with van der Waals surface area (Å²) in [4.78, 5) is 29.6. The van der Waals surface area contributed by atoms with Crippen LogP contribution in [0.2, 0.25) is 0 Å². The van der Waals surface area contributed by atoms with Crippen LogP contribution in [0.5, 0.6) is 0 Å². The Morgan fingerprint density at radius 3 is 2.96 bits per heavy atom. The molecule has 7 nitrogen and oxygen atoms in total. The third-order valence-corrected chi connectivity index (χ3v) is 4.35. The molecule has 0 spiro atoms. The van der Waals surface area contributed by atoms with Crippen LogP contribution < -0.4 is 10.2 Å². The predicted octanol–water partition coefficient (Wildman–Crippen LogP) is 2.15. The van der Waals surface area contributed by atoms with Crippen LogP contribution in [0, 0.1) is 11.6 Å². The molecule has 1 amide bonds. The van der Waals surface area contributed by atoms with E-state index in [1.807, 2.05) is 29.3 Å². The minimum atomic E-state index is -0.982. The Hall–Kier alpha value is -3.36. The van der Waals surface area contributed by atoms with Gasteiger partial charge >= 0.3 is 0 Å². The highest BCUT2D eigenvalue weighted by atomic mass is 19.1. The molecule has 9 heteroatoms. The smallest absolute Gasteiger partial charge is 0.273 e. The van der Waals surface area contributed by atoms with Gasteiger partial charge in [0.1, 0.15) is 5.82 Å². The molecule has 3 aromatic heterocycles. The number of anilines is 1. The summed E-state index contributed by atoms with van der Waals surface area (Å²) in [6, 6.07) is 6.06. The molecule has 4 heterocycles. The van der Waals surface area contributed by atoms with Crippen molar-refractivity contribution in [3.05, 3.63) is 60.2 Å². The van der Waals surface area contributed by atoms with Crippen LogP contribution in [-0.4, -0.2) is 45.0 Å². The maximum Gasteiger partial charge on any atom is 0.273 e. The Morgan fingerprint density at radius 1 is 1.30 bits per heavy atom. The lowest BCUT2D eigenvalue weighted by Gasteiger charge is -2.17. The summed E-state index contributed by atoms with van der Waals surface area (Å²) >= 11 is 0. The molecule has 3 aromatic rings. The van der Waals surface area contributed by atoms with Crippen molar-refractivity contribution in [1.29, 1.82) is 0 Å². The van der Waals surface area contributed by atoms with Gasteiger partial charge in [0.2, 0.25) is 5.95 Å². The molecule has 0 saturated carbocycles. The van der Waals surface area contributed by atoms with Gasteiger partial charge in [-0.25, -0.2) is 23.7 Å². The number of aromatic amines is 1. The number of H-pyrrole nitrogens is 1. The summed E-state index contributed by atoms with van der Waals surface area (Å²) in [6.07, 6.45) is 4.98. The highest BCUT2D eigenvalue weighted by molar-refractivity contribution is 5.92. The monoisotopic (exact) mass is 370 g/mol. The molecule has 2 N–H and O–H groups in total. The number of carbonyl (C=O) groups is 1. The third kappa shape index (κ3) is 3.62. The molecular formula is C18H16F2N6O. The van der Waals surface area contributed by atoms with Crippen molar-refractivity contribution < 1.29 is 13.6 Å². The molecule has 4 rings (SSSR count). The Labute approximate surface area is 153 Å². The molecule has 1 aliphatic rings. The van der Waals surface area contributed by atoms with Crippen molar-refractivity contribution in [2.45, 2.75) is 12.5 Å². The number of hydrogen-bond acceptors (Lipinski definition) is 5. The second-order valence-corrected chi connectivity index (χ2v) is 6.21. The van der Waals surface area contributed by atoms with Crippen LogP contribution in [0.25, 0.3) is 11.4 Å². The van der Waals surface area contributed by atoms with E-state index in [1.54, 1.807) is 6.20 Å². The quantitative estimate of drug-likeness (QED) is 0.735.